The Labute approximate surface area is 126 Å². The molecule has 0 aliphatic carbocycles. The first-order valence-corrected chi connectivity index (χ1v) is 7.87. The van der Waals surface area contributed by atoms with Crippen molar-refractivity contribution >= 4 is 32.5 Å². The number of nitrogens with zero attached hydrogens (tertiary/aromatic N) is 1. The molecule has 2 heterocycles. The smallest absolute Gasteiger partial charge is 0.298 e. The summed E-state index contributed by atoms with van der Waals surface area (Å²) in [5.74, 6) is -0.645. The van der Waals surface area contributed by atoms with Crippen LogP contribution in [0.5, 0.6) is 0 Å². The van der Waals surface area contributed by atoms with Crippen molar-refractivity contribution in [1.82, 2.24) is 4.57 Å². The number of furan rings is 1. The number of aromatic nitrogens is 1. The van der Waals surface area contributed by atoms with Gasteiger partial charge in [0, 0.05) is 11.1 Å². The topological polar surface area (TPSA) is 121 Å². The van der Waals surface area contributed by atoms with Crippen molar-refractivity contribution < 1.29 is 17.6 Å². The highest BCUT2D eigenvalue weighted by Crippen LogP contribution is 2.26. The van der Waals surface area contributed by atoms with Gasteiger partial charge in [-0.2, -0.15) is 0 Å². The van der Waals surface area contributed by atoms with E-state index >= 15 is 0 Å². The van der Waals surface area contributed by atoms with Gasteiger partial charge in [0.1, 0.15) is 0 Å². The van der Waals surface area contributed by atoms with Gasteiger partial charge in [0.2, 0.25) is 5.09 Å². The number of hydrogen-bond donors (Lipinski definition) is 2. The molecular weight excluding hydrogens is 306 g/mol. The van der Waals surface area contributed by atoms with E-state index in [2.05, 4.69) is 0 Å². The SMILES string of the molecule is Cc1cc2cccc(N)c2n1C(=O)c1ccc(S(N)(=O)=O)o1. The predicted octanol–water partition coefficient (Wildman–Crippen LogP) is 1.46. The number of anilines is 1. The van der Waals surface area contributed by atoms with E-state index in [1.165, 1.54) is 10.6 Å². The molecule has 3 rings (SSSR count). The van der Waals surface area contributed by atoms with Crippen molar-refractivity contribution in [2.24, 2.45) is 5.14 Å². The Hall–Kier alpha value is -2.58. The molecule has 0 saturated carbocycles. The van der Waals surface area contributed by atoms with Gasteiger partial charge in [-0.1, -0.05) is 12.1 Å². The molecule has 0 aliphatic rings. The lowest BCUT2D eigenvalue weighted by Gasteiger charge is -2.06. The molecule has 4 N–H and O–H groups in total. The summed E-state index contributed by atoms with van der Waals surface area (Å²) in [5.41, 5.74) is 7.60. The van der Waals surface area contributed by atoms with Gasteiger partial charge in [0.15, 0.2) is 5.76 Å². The molecule has 0 aliphatic heterocycles. The Kier molecular flexibility index (Phi) is 3.08. The largest absolute Gasteiger partial charge is 0.438 e. The molecule has 0 saturated heterocycles. The molecule has 22 heavy (non-hydrogen) atoms. The van der Waals surface area contributed by atoms with Crippen molar-refractivity contribution in [2.45, 2.75) is 12.0 Å². The van der Waals surface area contributed by atoms with Gasteiger partial charge in [0.05, 0.1) is 11.2 Å². The lowest BCUT2D eigenvalue weighted by molar-refractivity contribution is 0.0930. The number of carbonyl (C=O) groups excluding carboxylic acids is 1. The van der Waals surface area contributed by atoms with E-state index in [1.807, 2.05) is 12.1 Å². The van der Waals surface area contributed by atoms with Crippen LogP contribution in [0.2, 0.25) is 0 Å². The first kappa shape index (κ1) is 14.4. The van der Waals surface area contributed by atoms with Gasteiger partial charge in [-0.15, -0.1) is 0 Å². The van der Waals surface area contributed by atoms with E-state index in [9.17, 15) is 13.2 Å². The van der Waals surface area contributed by atoms with Crippen molar-refractivity contribution in [3.05, 3.63) is 47.9 Å². The van der Waals surface area contributed by atoms with Crippen LogP contribution >= 0.6 is 0 Å². The summed E-state index contributed by atoms with van der Waals surface area (Å²) >= 11 is 0. The summed E-state index contributed by atoms with van der Waals surface area (Å²) in [7, 11) is -4.00. The minimum absolute atomic E-state index is 0.132. The van der Waals surface area contributed by atoms with Gasteiger partial charge in [-0.3, -0.25) is 9.36 Å². The van der Waals surface area contributed by atoms with E-state index in [4.69, 9.17) is 15.3 Å². The molecule has 0 amide bonds. The first-order chi connectivity index (χ1) is 10.3. The molecule has 1 aromatic carbocycles. The number of aryl methyl sites for hydroxylation is 1. The van der Waals surface area contributed by atoms with Gasteiger partial charge in [0.25, 0.3) is 15.9 Å². The first-order valence-electron chi connectivity index (χ1n) is 6.33. The van der Waals surface area contributed by atoms with Crippen LogP contribution in [-0.4, -0.2) is 18.9 Å². The quantitative estimate of drug-likeness (QED) is 0.693. The molecule has 114 valence electrons. The van der Waals surface area contributed by atoms with Crippen LogP contribution in [-0.2, 0) is 10.0 Å². The zero-order valence-electron chi connectivity index (χ0n) is 11.6. The fourth-order valence-electron chi connectivity index (χ4n) is 2.38. The van der Waals surface area contributed by atoms with Crippen LogP contribution < -0.4 is 10.9 Å². The zero-order chi connectivity index (χ0) is 16.1. The number of para-hydroxylation sites is 1. The second-order valence-electron chi connectivity index (χ2n) is 4.88. The molecule has 0 unspecified atom stereocenters. The summed E-state index contributed by atoms with van der Waals surface area (Å²) in [4.78, 5) is 12.6. The second kappa shape index (κ2) is 4.72. The van der Waals surface area contributed by atoms with Crippen molar-refractivity contribution in [1.29, 1.82) is 0 Å². The minimum atomic E-state index is -4.00. The number of sulfonamides is 1. The van der Waals surface area contributed by atoms with Crippen LogP contribution in [0.15, 0.2) is 45.9 Å². The maximum absolute atomic E-state index is 12.6. The number of fused-ring (bicyclic) bond motifs is 1. The number of hydrogen-bond acceptors (Lipinski definition) is 5. The Balaban J connectivity index is 2.18. The fraction of sp³-hybridized carbons (Fsp3) is 0.0714. The lowest BCUT2D eigenvalue weighted by atomic mass is 10.2. The monoisotopic (exact) mass is 319 g/mol. The van der Waals surface area contributed by atoms with E-state index in [-0.39, 0.29) is 5.76 Å². The van der Waals surface area contributed by atoms with Crippen LogP contribution in [0.3, 0.4) is 0 Å². The standard InChI is InChI=1S/C14H13N3O4S/c1-8-7-9-3-2-4-10(15)13(9)17(8)14(18)11-5-6-12(21-11)22(16,19)20/h2-7H,15H2,1H3,(H2,16,19,20). The van der Waals surface area contributed by atoms with Crippen molar-refractivity contribution in [3.8, 4) is 0 Å². The lowest BCUT2D eigenvalue weighted by Crippen LogP contribution is -2.14. The van der Waals surface area contributed by atoms with Crippen LogP contribution in [0.4, 0.5) is 5.69 Å². The Morgan fingerprint density at radius 2 is 1.95 bits per heavy atom. The summed E-state index contributed by atoms with van der Waals surface area (Å²) in [6, 6.07) is 9.54. The second-order valence-corrected chi connectivity index (χ2v) is 6.37. The third kappa shape index (κ3) is 2.18. The molecule has 0 radical (unpaired) electrons. The molecule has 7 nitrogen and oxygen atoms in total. The molecule has 0 atom stereocenters. The predicted molar refractivity (Wildman–Crippen MR) is 80.9 cm³/mol. The highest BCUT2D eigenvalue weighted by Gasteiger charge is 2.22. The van der Waals surface area contributed by atoms with Crippen molar-refractivity contribution in [3.63, 3.8) is 0 Å². The average Bonchev–Trinajstić information content (AvgIpc) is 3.02. The Morgan fingerprint density at radius 1 is 1.23 bits per heavy atom. The van der Waals surface area contributed by atoms with Gasteiger partial charge < -0.3 is 10.2 Å². The Morgan fingerprint density at radius 3 is 2.59 bits per heavy atom. The number of carbonyl (C=O) groups is 1. The molecule has 2 aromatic heterocycles. The van der Waals surface area contributed by atoms with E-state index in [0.717, 1.165) is 11.5 Å². The molecule has 0 bridgehead atoms. The number of nitrogen functional groups attached to an aromatic ring is 1. The van der Waals surface area contributed by atoms with Crippen molar-refractivity contribution in [2.75, 3.05) is 5.73 Å². The summed E-state index contributed by atoms with van der Waals surface area (Å²) in [6.45, 7) is 1.75. The third-order valence-corrected chi connectivity index (χ3v) is 4.10. The highest BCUT2D eigenvalue weighted by molar-refractivity contribution is 7.89. The number of benzene rings is 1. The fourth-order valence-corrected chi connectivity index (χ4v) is 2.84. The summed E-state index contributed by atoms with van der Waals surface area (Å²) in [5, 5.41) is 5.32. The van der Waals surface area contributed by atoms with Crippen LogP contribution in [0.1, 0.15) is 16.2 Å². The van der Waals surface area contributed by atoms with Crippen LogP contribution in [0.25, 0.3) is 10.9 Å². The summed E-state index contributed by atoms with van der Waals surface area (Å²) in [6.07, 6.45) is 0. The van der Waals surface area contributed by atoms with Crippen LogP contribution in [0, 0.1) is 6.92 Å². The molecule has 0 spiro atoms. The highest BCUT2D eigenvalue weighted by atomic mass is 32.2. The molecule has 3 aromatic rings. The third-order valence-electron chi connectivity index (χ3n) is 3.31. The maximum Gasteiger partial charge on any atom is 0.298 e. The van der Waals surface area contributed by atoms with Gasteiger partial charge in [-0.05, 0) is 31.2 Å². The van der Waals surface area contributed by atoms with E-state index in [1.54, 1.807) is 19.1 Å². The van der Waals surface area contributed by atoms with E-state index < -0.39 is 21.0 Å². The normalized spacial score (nSPS) is 11.9. The molecular formula is C14H13N3O4S. The van der Waals surface area contributed by atoms with E-state index in [0.29, 0.717) is 16.9 Å². The maximum atomic E-state index is 12.6. The minimum Gasteiger partial charge on any atom is -0.438 e. The van der Waals surface area contributed by atoms with Gasteiger partial charge in [-0.25, -0.2) is 13.6 Å². The average molecular weight is 319 g/mol. The van der Waals surface area contributed by atoms with Gasteiger partial charge >= 0.3 is 0 Å². The Bertz CT molecular complexity index is 998. The number of nitrogens with two attached hydrogens (primary N) is 2. The number of rotatable bonds is 2. The molecule has 8 heteroatoms. The zero-order valence-corrected chi connectivity index (χ0v) is 12.4. The summed E-state index contributed by atoms with van der Waals surface area (Å²) < 4.78 is 28.9. The number of primary sulfonamides is 1. The molecule has 0 fully saturated rings.